The average molecular weight is 464 g/mol. The Hall–Kier alpha value is -3.01. The lowest BCUT2D eigenvalue weighted by Gasteiger charge is -2.23. The molecule has 0 aliphatic heterocycles. The number of carbonyl (C=O) groups excluding carboxylic acids is 1. The fourth-order valence-electron chi connectivity index (χ4n) is 2.81. The molecule has 6 nitrogen and oxygen atoms in total. The van der Waals surface area contributed by atoms with Crippen molar-refractivity contribution in [2.45, 2.75) is 4.90 Å². The number of carbonyl (C=O) groups is 1. The SMILES string of the molecule is O=C(c1ccccc1Cl)N(c1ccc2oc(=O)sc2c1)S(=O)(=O)c1ccc(F)cc1. The quantitative estimate of drug-likeness (QED) is 0.438. The molecular weight excluding hydrogens is 453 g/mol. The molecule has 1 heterocycles. The predicted octanol–water partition coefficient (Wildman–Crippen LogP) is 4.68. The molecule has 152 valence electrons. The van der Waals surface area contributed by atoms with E-state index in [0.717, 1.165) is 35.6 Å². The third kappa shape index (κ3) is 3.62. The van der Waals surface area contributed by atoms with Crippen molar-refractivity contribution in [1.82, 2.24) is 0 Å². The van der Waals surface area contributed by atoms with Crippen LogP contribution in [0.2, 0.25) is 5.02 Å². The van der Waals surface area contributed by atoms with Gasteiger partial charge in [0.1, 0.15) is 11.4 Å². The minimum atomic E-state index is -4.44. The molecule has 4 aromatic rings. The van der Waals surface area contributed by atoms with Crippen LogP contribution in [0.1, 0.15) is 10.4 Å². The van der Waals surface area contributed by atoms with Gasteiger partial charge in [0, 0.05) is 0 Å². The lowest BCUT2D eigenvalue weighted by Crippen LogP contribution is -2.37. The number of anilines is 1. The maximum Gasteiger partial charge on any atom is 0.396 e. The molecule has 1 amide bonds. The minimum absolute atomic E-state index is 0.0196. The molecule has 0 saturated heterocycles. The van der Waals surface area contributed by atoms with Crippen LogP contribution >= 0.6 is 22.9 Å². The van der Waals surface area contributed by atoms with E-state index in [0.29, 0.717) is 9.01 Å². The number of sulfonamides is 1. The average Bonchev–Trinajstić information content (AvgIpc) is 3.08. The van der Waals surface area contributed by atoms with Gasteiger partial charge < -0.3 is 4.42 Å². The summed E-state index contributed by atoms with van der Waals surface area (Å²) in [7, 11) is -4.44. The Morgan fingerprint density at radius 2 is 1.73 bits per heavy atom. The molecule has 0 fully saturated rings. The summed E-state index contributed by atoms with van der Waals surface area (Å²) in [6, 6.07) is 14.2. The summed E-state index contributed by atoms with van der Waals surface area (Å²) in [6.07, 6.45) is 0. The fourth-order valence-corrected chi connectivity index (χ4v) is 5.12. The zero-order chi connectivity index (χ0) is 21.5. The number of amides is 1. The molecule has 0 bridgehead atoms. The number of fused-ring (bicyclic) bond motifs is 1. The normalized spacial score (nSPS) is 11.5. The van der Waals surface area contributed by atoms with Gasteiger partial charge in [0.05, 0.1) is 25.9 Å². The molecule has 0 unspecified atom stereocenters. The molecular formula is C20H11ClFNO5S2. The fraction of sp³-hybridized carbons (Fsp3) is 0. The van der Waals surface area contributed by atoms with E-state index in [4.69, 9.17) is 16.0 Å². The van der Waals surface area contributed by atoms with Gasteiger partial charge in [0.2, 0.25) is 0 Å². The largest absolute Gasteiger partial charge is 0.414 e. The highest BCUT2D eigenvalue weighted by Crippen LogP contribution is 2.31. The molecule has 0 N–H and O–H groups in total. The number of benzene rings is 3. The van der Waals surface area contributed by atoms with E-state index in [-0.39, 0.29) is 26.8 Å². The van der Waals surface area contributed by atoms with Gasteiger partial charge in [-0.25, -0.2) is 17.6 Å². The third-order valence-electron chi connectivity index (χ3n) is 4.19. The summed E-state index contributed by atoms with van der Waals surface area (Å²) < 4.78 is 46.0. The maximum atomic E-state index is 13.4. The van der Waals surface area contributed by atoms with Crippen molar-refractivity contribution in [2.75, 3.05) is 4.31 Å². The first-order valence-corrected chi connectivity index (χ1v) is 11.0. The summed E-state index contributed by atoms with van der Waals surface area (Å²) in [6.45, 7) is 0. The van der Waals surface area contributed by atoms with Crippen LogP contribution in [0.15, 0.2) is 80.8 Å². The van der Waals surface area contributed by atoms with Gasteiger partial charge in [-0.1, -0.05) is 35.1 Å². The van der Waals surface area contributed by atoms with Crippen molar-refractivity contribution in [3.05, 3.63) is 92.9 Å². The van der Waals surface area contributed by atoms with Gasteiger partial charge in [-0.2, -0.15) is 4.31 Å². The molecule has 4 rings (SSSR count). The van der Waals surface area contributed by atoms with Crippen molar-refractivity contribution in [2.24, 2.45) is 0 Å². The minimum Gasteiger partial charge on any atom is -0.414 e. The molecule has 3 aromatic carbocycles. The molecule has 0 aliphatic carbocycles. The van der Waals surface area contributed by atoms with E-state index in [1.165, 1.54) is 30.3 Å². The molecule has 10 heteroatoms. The Kier molecular flexibility index (Phi) is 5.19. The molecule has 0 radical (unpaired) electrons. The van der Waals surface area contributed by atoms with E-state index >= 15 is 0 Å². The molecule has 0 aliphatic rings. The Morgan fingerprint density at radius 1 is 1.03 bits per heavy atom. The summed E-state index contributed by atoms with van der Waals surface area (Å²) >= 11 is 6.89. The Bertz CT molecular complexity index is 1430. The van der Waals surface area contributed by atoms with Crippen molar-refractivity contribution in [3.8, 4) is 0 Å². The van der Waals surface area contributed by atoms with Crippen LogP contribution in [-0.4, -0.2) is 14.3 Å². The zero-order valence-corrected chi connectivity index (χ0v) is 17.3. The van der Waals surface area contributed by atoms with Crippen molar-refractivity contribution < 1.29 is 22.0 Å². The van der Waals surface area contributed by atoms with Crippen molar-refractivity contribution >= 4 is 54.8 Å². The summed E-state index contributed by atoms with van der Waals surface area (Å²) in [4.78, 5) is 24.0. The lowest BCUT2D eigenvalue weighted by atomic mass is 10.2. The smallest absolute Gasteiger partial charge is 0.396 e. The monoisotopic (exact) mass is 463 g/mol. The van der Waals surface area contributed by atoms with Crippen molar-refractivity contribution in [1.29, 1.82) is 0 Å². The lowest BCUT2D eigenvalue weighted by molar-refractivity contribution is 0.101. The van der Waals surface area contributed by atoms with Crippen molar-refractivity contribution in [3.63, 3.8) is 0 Å². The van der Waals surface area contributed by atoms with E-state index in [1.807, 2.05) is 0 Å². The molecule has 0 saturated carbocycles. The second kappa shape index (κ2) is 7.67. The highest BCUT2D eigenvalue weighted by Gasteiger charge is 2.33. The van der Waals surface area contributed by atoms with Gasteiger partial charge in [-0.05, 0) is 54.6 Å². The number of hydrogen-bond donors (Lipinski definition) is 0. The highest BCUT2D eigenvalue weighted by atomic mass is 35.5. The highest BCUT2D eigenvalue weighted by molar-refractivity contribution is 7.93. The number of nitrogens with zero attached hydrogens (tertiary/aromatic N) is 1. The van der Waals surface area contributed by atoms with E-state index < -0.39 is 26.7 Å². The van der Waals surface area contributed by atoms with Gasteiger partial charge in [0.15, 0.2) is 0 Å². The Labute approximate surface area is 178 Å². The third-order valence-corrected chi connectivity index (χ3v) is 7.03. The standard InChI is InChI=1S/C20H11ClFNO5S2/c21-16-4-2-1-3-15(16)19(24)23(30(26,27)14-8-5-12(22)6-9-14)13-7-10-17-18(11-13)29-20(25)28-17/h1-11H. The predicted molar refractivity (Wildman–Crippen MR) is 112 cm³/mol. The van der Waals surface area contributed by atoms with Crippen LogP contribution in [0.3, 0.4) is 0 Å². The zero-order valence-electron chi connectivity index (χ0n) is 14.9. The van der Waals surface area contributed by atoms with E-state index in [2.05, 4.69) is 0 Å². The van der Waals surface area contributed by atoms with Gasteiger partial charge >= 0.3 is 4.94 Å². The summed E-state index contributed by atoms with van der Waals surface area (Å²) in [5.74, 6) is -1.53. The topological polar surface area (TPSA) is 84.7 Å². The van der Waals surface area contributed by atoms with E-state index in [9.17, 15) is 22.4 Å². The van der Waals surface area contributed by atoms with E-state index in [1.54, 1.807) is 12.1 Å². The number of rotatable bonds is 4. The number of hydrogen-bond acceptors (Lipinski definition) is 6. The first-order valence-electron chi connectivity index (χ1n) is 8.41. The summed E-state index contributed by atoms with van der Waals surface area (Å²) in [5, 5.41) is 0.0656. The van der Waals surface area contributed by atoms with Crippen LogP contribution in [0.5, 0.6) is 0 Å². The van der Waals surface area contributed by atoms with Crippen LogP contribution in [0.25, 0.3) is 10.3 Å². The molecule has 0 atom stereocenters. The van der Waals surface area contributed by atoms with Gasteiger partial charge in [0.25, 0.3) is 15.9 Å². The first-order chi connectivity index (χ1) is 14.3. The van der Waals surface area contributed by atoms with Crippen LogP contribution in [0, 0.1) is 5.82 Å². The number of halogens is 2. The maximum absolute atomic E-state index is 13.4. The summed E-state index contributed by atoms with van der Waals surface area (Å²) in [5.41, 5.74) is 0.206. The van der Waals surface area contributed by atoms with Crippen LogP contribution in [0.4, 0.5) is 10.1 Å². The van der Waals surface area contributed by atoms with Gasteiger partial charge in [-0.3, -0.25) is 4.79 Å². The molecule has 1 aromatic heterocycles. The second-order valence-corrected chi connectivity index (χ2v) is 9.26. The Balaban J connectivity index is 1.94. The van der Waals surface area contributed by atoms with Crippen LogP contribution in [-0.2, 0) is 10.0 Å². The van der Waals surface area contributed by atoms with Crippen LogP contribution < -0.4 is 9.24 Å². The molecule has 0 spiro atoms. The first kappa shape index (κ1) is 20.3. The molecule has 30 heavy (non-hydrogen) atoms. The Morgan fingerprint density at radius 3 is 2.43 bits per heavy atom. The second-order valence-electron chi connectivity index (χ2n) is 6.09. The van der Waals surface area contributed by atoms with Gasteiger partial charge in [-0.15, -0.1) is 0 Å².